The molecule has 2 heterocycles. The van der Waals surface area contributed by atoms with Gasteiger partial charge in [-0.3, -0.25) is 15.0 Å². The van der Waals surface area contributed by atoms with Crippen molar-refractivity contribution in [2.24, 2.45) is 0 Å². The number of benzene rings is 2. The van der Waals surface area contributed by atoms with Crippen LogP contribution in [0.1, 0.15) is 73.7 Å². The molecule has 0 bridgehead atoms. The maximum Gasteiger partial charge on any atom is 0.224 e. The summed E-state index contributed by atoms with van der Waals surface area (Å²) in [6.07, 6.45) is 1.18. The fourth-order valence-corrected chi connectivity index (χ4v) is 5.16. The minimum atomic E-state index is -0.191. The molecule has 2 aliphatic heterocycles. The maximum atomic E-state index is 13.7. The van der Waals surface area contributed by atoms with Crippen LogP contribution in [0.25, 0.3) is 0 Å². The Kier molecular flexibility index (Phi) is 9.69. The molecule has 0 atom stereocenters. The molecule has 0 radical (unpaired) electrons. The van der Waals surface area contributed by atoms with Crippen molar-refractivity contribution in [2.45, 2.75) is 59.4 Å². The highest BCUT2D eigenvalue weighted by Crippen LogP contribution is 2.42. The first kappa shape index (κ1) is 30.5. The van der Waals surface area contributed by atoms with Gasteiger partial charge >= 0.3 is 0 Å². The fraction of sp³-hybridized carbons (Fsp3) is 0.500. The van der Waals surface area contributed by atoms with Gasteiger partial charge in [-0.05, 0) is 48.6 Å². The standard InChI is InChI=1S/C30H40N4O4.BrH/c1-7-9-33-10-11-38-28-23(30(3,4)5)13-19(14-24(28)33)25(35)18-34-17-21-15-26(37-8-2)20(16-27(36)32-6)12-22(21)29(34)31;/h12-15,31H,7-11,16-18H2,1-6H3,(H,32,36);1H. The van der Waals surface area contributed by atoms with Crippen molar-refractivity contribution >= 4 is 40.2 Å². The van der Waals surface area contributed by atoms with Crippen LogP contribution in [-0.2, 0) is 23.2 Å². The van der Waals surface area contributed by atoms with Gasteiger partial charge in [0.15, 0.2) is 5.78 Å². The molecule has 212 valence electrons. The maximum absolute atomic E-state index is 13.7. The number of hydrogen-bond donors (Lipinski definition) is 2. The lowest BCUT2D eigenvalue weighted by atomic mass is 9.84. The summed E-state index contributed by atoms with van der Waals surface area (Å²) in [5.74, 6) is 1.66. The molecular weight excluding hydrogens is 560 g/mol. The third kappa shape index (κ3) is 6.40. The molecule has 0 aromatic heterocycles. The first-order valence-electron chi connectivity index (χ1n) is 13.5. The summed E-state index contributed by atoms with van der Waals surface area (Å²) in [5.41, 5.74) is 4.86. The fourth-order valence-electron chi connectivity index (χ4n) is 5.16. The Morgan fingerprint density at radius 2 is 1.87 bits per heavy atom. The predicted molar refractivity (Wildman–Crippen MR) is 160 cm³/mol. The number of Topliss-reactive ketones (excluding diaryl/α,β-unsaturated/α-hetero) is 1. The van der Waals surface area contributed by atoms with Gasteiger partial charge in [-0.15, -0.1) is 17.0 Å². The quantitative estimate of drug-likeness (QED) is 0.398. The number of fused-ring (bicyclic) bond motifs is 2. The van der Waals surface area contributed by atoms with Crippen molar-refractivity contribution in [2.75, 3.05) is 44.8 Å². The Hall–Kier alpha value is -3.07. The first-order chi connectivity index (χ1) is 18.1. The summed E-state index contributed by atoms with van der Waals surface area (Å²) >= 11 is 0. The zero-order valence-electron chi connectivity index (χ0n) is 23.9. The van der Waals surface area contributed by atoms with Crippen molar-refractivity contribution in [3.63, 3.8) is 0 Å². The third-order valence-corrected chi connectivity index (χ3v) is 7.12. The lowest BCUT2D eigenvalue weighted by molar-refractivity contribution is -0.119. The molecule has 0 fully saturated rings. The Bertz CT molecular complexity index is 1250. The van der Waals surface area contributed by atoms with E-state index in [0.717, 1.165) is 53.2 Å². The molecule has 0 saturated carbocycles. The van der Waals surface area contributed by atoms with Gasteiger partial charge in [-0.25, -0.2) is 0 Å². The van der Waals surface area contributed by atoms with Crippen LogP contribution < -0.4 is 19.7 Å². The van der Waals surface area contributed by atoms with Gasteiger partial charge in [0.2, 0.25) is 5.91 Å². The predicted octanol–water partition coefficient (Wildman–Crippen LogP) is 4.88. The molecule has 9 heteroatoms. The minimum absolute atomic E-state index is 0. The van der Waals surface area contributed by atoms with E-state index in [9.17, 15) is 9.59 Å². The summed E-state index contributed by atoms with van der Waals surface area (Å²) in [5, 5.41) is 11.5. The number of ketones is 1. The summed E-state index contributed by atoms with van der Waals surface area (Å²) < 4.78 is 11.9. The van der Waals surface area contributed by atoms with Gasteiger partial charge in [0.05, 0.1) is 31.8 Å². The van der Waals surface area contributed by atoms with E-state index in [1.807, 2.05) is 31.2 Å². The highest BCUT2D eigenvalue weighted by atomic mass is 79.9. The number of amidine groups is 1. The molecule has 2 N–H and O–H groups in total. The number of ether oxygens (including phenoxy) is 2. The molecule has 0 saturated heterocycles. The number of likely N-dealkylation sites (N-methyl/N-ethyl adjacent to an activating group) is 1. The van der Waals surface area contributed by atoms with Crippen molar-refractivity contribution in [3.8, 4) is 11.5 Å². The van der Waals surface area contributed by atoms with Crippen molar-refractivity contribution < 1.29 is 19.1 Å². The SMILES string of the molecule is Br.CCCN1CCOc2c1cc(C(=O)CN1Cc3cc(OCC)c(CC(=O)NC)cc3C1=N)cc2C(C)(C)C. The molecular formula is C30H41BrN4O4. The smallest absolute Gasteiger partial charge is 0.224 e. The second kappa shape index (κ2) is 12.4. The molecule has 1 amide bonds. The van der Waals surface area contributed by atoms with Crippen LogP contribution in [0.4, 0.5) is 5.69 Å². The van der Waals surface area contributed by atoms with Crippen LogP contribution in [0.5, 0.6) is 11.5 Å². The summed E-state index contributed by atoms with van der Waals surface area (Å²) in [6, 6.07) is 7.70. The first-order valence-corrected chi connectivity index (χ1v) is 13.5. The van der Waals surface area contributed by atoms with Crippen LogP contribution >= 0.6 is 17.0 Å². The molecule has 39 heavy (non-hydrogen) atoms. The second-order valence-electron chi connectivity index (χ2n) is 11.0. The molecule has 0 unspecified atom stereocenters. The zero-order valence-corrected chi connectivity index (χ0v) is 25.6. The van der Waals surface area contributed by atoms with E-state index in [2.05, 4.69) is 37.9 Å². The normalized spacial score (nSPS) is 14.3. The molecule has 4 rings (SSSR count). The molecule has 2 aromatic rings. The summed E-state index contributed by atoms with van der Waals surface area (Å²) in [4.78, 5) is 29.8. The molecule has 2 aromatic carbocycles. The van der Waals surface area contributed by atoms with E-state index in [4.69, 9.17) is 14.9 Å². The van der Waals surface area contributed by atoms with E-state index in [1.165, 1.54) is 0 Å². The number of amides is 1. The monoisotopic (exact) mass is 600 g/mol. The Labute approximate surface area is 242 Å². The molecule has 0 spiro atoms. The highest BCUT2D eigenvalue weighted by molar-refractivity contribution is 8.93. The van der Waals surface area contributed by atoms with Crippen LogP contribution in [0.2, 0.25) is 0 Å². The van der Waals surface area contributed by atoms with Crippen LogP contribution in [0, 0.1) is 5.41 Å². The van der Waals surface area contributed by atoms with Gasteiger partial charge in [-0.1, -0.05) is 27.7 Å². The number of carbonyl (C=O) groups is 2. The summed E-state index contributed by atoms with van der Waals surface area (Å²) in [7, 11) is 1.60. The topological polar surface area (TPSA) is 95.0 Å². The van der Waals surface area contributed by atoms with E-state index in [0.29, 0.717) is 36.9 Å². The number of rotatable bonds is 9. The minimum Gasteiger partial charge on any atom is -0.494 e. The van der Waals surface area contributed by atoms with Crippen molar-refractivity contribution in [1.82, 2.24) is 10.2 Å². The van der Waals surface area contributed by atoms with Gasteiger partial charge < -0.3 is 24.6 Å². The number of anilines is 1. The van der Waals surface area contributed by atoms with E-state index in [-0.39, 0.29) is 47.1 Å². The van der Waals surface area contributed by atoms with E-state index < -0.39 is 0 Å². The lowest BCUT2D eigenvalue weighted by Crippen LogP contribution is -2.35. The van der Waals surface area contributed by atoms with Crippen LogP contribution in [0.15, 0.2) is 24.3 Å². The molecule has 8 nitrogen and oxygen atoms in total. The van der Waals surface area contributed by atoms with Gasteiger partial charge in [0.25, 0.3) is 0 Å². The highest BCUT2D eigenvalue weighted by Gasteiger charge is 2.31. The van der Waals surface area contributed by atoms with Crippen molar-refractivity contribution in [1.29, 1.82) is 5.41 Å². The average Bonchev–Trinajstić information content (AvgIpc) is 3.17. The number of halogens is 1. The van der Waals surface area contributed by atoms with E-state index >= 15 is 0 Å². The van der Waals surface area contributed by atoms with Crippen molar-refractivity contribution in [3.05, 3.63) is 52.1 Å². The van der Waals surface area contributed by atoms with Gasteiger partial charge in [0, 0.05) is 42.4 Å². The molecule has 2 aliphatic rings. The lowest BCUT2D eigenvalue weighted by Gasteiger charge is -2.35. The number of nitrogens with one attached hydrogen (secondary N) is 2. The number of carbonyl (C=O) groups excluding carboxylic acids is 2. The summed E-state index contributed by atoms with van der Waals surface area (Å²) in [6.45, 7) is 13.8. The number of hydrogen-bond acceptors (Lipinski definition) is 6. The average molecular weight is 602 g/mol. The number of nitrogens with zero attached hydrogens (tertiary/aromatic N) is 2. The largest absolute Gasteiger partial charge is 0.494 e. The van der Waals surface area contributed by atoms with Gasteiger partial charge in [-0.2, -0.15) is 0 Å². The Morgan fingerprint density at radius 1 is 1.13 bits per heavy atom. The Morgan fingerprint density at radius 3 is 2.51 bits per heavy atom. The van der Waals surface area contributed by atoms with Crippen LogP contribution in [-0.4, -0.2) is 62.3 Å². The Balaban J connectivity index is 0.00000420. The third-order valence-electron chi connectivity index (χ3n) is 7.12. The zero-order chi connectivity index (χ0) is 27.6. The van der Waals surface area contributed by atoms with E-state index in [1.54, 1.807) is 11.9 Å². The second-order valence-corrected chi connectivity index (χ2v) is 11.0. The molecule has 0 aliphatic carbocycles. The van der Waals surface area contributed by atoms with Gasteiger partial charge in [0.1, 0.15) is 23.9 Å². The van der Waals surface area contributed by atoms with Crippen LogP contribution in [0.3, 0.4) is 0 Å².